The summed E-state index contributed by atoms with van der Waals surface area (Å²) >= 11 is 0. The largest absolute Gasteiger partial charge is 0.243 e. The number of benzene rings is 1. The zero-order chi connectivity index (χ0) is 12.2. The highest BCUT2D eigenvalue weighted by Crippen LogP contribution is 2.15. The lowest BCUT2D eigenvalue weighted by Crippen LogP contribution is -2.25. The Morgan fingerprint density at radius 2 is 2.19 bits per heavy atom. The summed E-state index contributed by atoms with van der Waals surface area (Å²) in [6, 6.07) is 3.93. The van der Waals surface area contributed by atoms with Crippen molar-refractivity contribution in [2.75, 3.05) is 6.54 Å². The van der Waals surface area contributed by atoms with Crippen molar-refractivity contribution >= 4 is 10.0 Å². The molecule has 0 aromatic heterocycles. The highest BCUT2D eigenvalue weighted by Gasteiger charge is 2.18. The van der Waals surface area contributed by atoms with Gasteiger partial charge in [-0.15, -0.1) is 12.3 Å². The van der Waals surface area contributed by atoms with Crippen LogP contribution >= 0.6 is 0 Å². The molecule has 0 heterocycles. The minimum Gasteiger partial charge on any atom is -0.210 e. The van der Waals surface area contributed by atoms with E-state index >= 15 is 0 Å². The third kappa shape index (κ3) is 3.05. The maximum Gasteiger partial charge on any atom is 0.243 e. The molecule has 0 saturated heterocycles. The molecule has 0 atom stereocenters. The quantitative estimate of drug-likeness (QED) is 0.640. The van der Waals surface area contributed by atoms with Gasteiger partial charge in [0.25, 0.3) is 0 Å². The predicted molar refractivity (Wildman–Crippen MR) is 59.8 cm³/mol. The molecule has 0 fully saturated rings. The first-order valence-electron chi connectivity index (χ1n) is 4.66. The Labute approximate surface area is 94.7 Å². The Morgan fingerprint density at radius 3 is 2.81 bits per heavy atom. The van der Waals surface area contributed by atoms with E-state index in [0.29, 0.717) is 5.56 Å². The lowest BCUT2D eigenvalue weighted by atomic mass is 10.2. The molecule has 1 rings (SSSR count). The normalized spacial score (nSPS) is 11.1. The number of nitrogens with one attached hydrogen (secondary N) is 1. The van der Waals surface area contributed by atoms with Gasteiger partial charge < -0.3 is 0 Å². The van der Waals surface area contributed by atoms with E-state index in [1.165, 1.54) is 12.1 Å². The predicted octanol–water partition coefficient (Wildman–Crippen LogP) is 1.44. The van der Waals surface area contributed by atoms with Gasteiger partial charge in [0, 0.05) is 13.0 Å². The van der Waals surface area contributed by atoms with Gasteiger partial charge in [-0.3, -0.25) is 0 Å². The second-order valence-electron chi connectivity index (χ2n) is 3.29. The summed E-state index contributed by atoms with van der Waals surface area (Å²) < 4.78 is 38.9. The van der Waals surface area contributed by atoms with Crippen molar-refractivity contribution in [3.63, 3.8) is 0 Å². The standard InChI is InChI=1S/C11H12FNO2S/c1-3-4-7-13-16(14,15)11-8-9(2)5-6-10(11)12/h1,5-6,8,13H,4,7H2,2H3. The van der Waals surface area contributed by atoms with Gasteiger partial charge in [-0.05, 0) is 24.6 Å². The second kappa shape index (κ2) is 5.10. The zero-order valence-corrected chi connectivity index (χ0v) is 9.64. The average molecular weight is 241 g/mol. The number of rotatable bonds is 4. The second-order valence-corrected chi connectivity index (χ2v) is 5.02. The summed E-state index contributed by atoms with van der Waals surface area (Å²) in [5.74, 6) is 1.53. The Balaban J connectivity index is 2.99. The minimum absolute atomic E-state index is 0.103. The van der Waals surface area contributed by atoms with Gasteiger partial charge in [0.2, 0.25) is 10.0 Å². The van der Waals surface area contributed by atoms with E-state index in [-0.39, 0.29) is 17.9 Å². The smallest absolute Gasteiger partial charge is 0.210 e. The van der Waals surface area contributed by atoms with Crippen LogP contribution in [0.15, 0.2) is 23.1 Å². The Kier molecular flexibility index (Phi) is 4.05. The molecular formula is C11H12FNO2S. The van der Waals surface area contributed by atoms with Crippen LogP contribution in [0.25, 0.3) is 0 Å². The van der Waals surface area contributed by atoms with Gasteiger partial charge >= 0.3 is 0 Å². The van der Waals surface area contributed by atoms with E-state index in [9.17, 15) is 12.8 Å². The van der Waals surface area contributed by atoms with Crippen LogP contribution in [-0.4, -0.2) is 15.0 Å². The third-order valence-electron chi connectivity index (χ3n) is 1.94. The van der Waals surface area contributed by atoms with Crippen LogP contribution < -0.4 is 4.72 Å². The summed E-state index contributed by atoms with van der Waals surface area (Å²) in [4.78, 5) is -0.343. The first-order chi connectivity index (χ1) is 7.47. The van der Waals surface area contributed by atoms with Crippen LogP contribution in [0.2, 0.25) is 0 Å². The first-order valence-corrected chi connectivity index (χ1v) is 6.15. The molecule has 0 unspecified atom stereocenters. The average Bonchev–Trinajstić information content (AvgIpc) is 2.22. The lowest BCUT2D eigenvalue weighted by Gasteiger charge is -2.07. The SMILES string of the molecule is C#CCCNS(=O)(=O)c1cc(C)ccc1F. The molecule has 1 aromatic carbocycles. The molecule has 3 nitrogen and oxygen atoms in total. The van der Waals surface area contributed by atoms with Gasteiger partial charge in [0.1, 0.15) is 10.7 Å². The number of hydrogen-bond acceptors (Lipinski definition) is 2. The molecule has 0 bridgehead atoms. The molecule has 0 aliphatic carbocycles. The number of halogens is 1. The fraction of sp³-hybridized carbons (Fsp3) is 0.273. The fourth-order valence-electron chi connectivity index (χ4n) is 1.15. The van der Waals surface area contributed by atoms with Crippen LogP contribution in [0.3, 0.4) is 0 Å². The van der Waals surface area contributed by atoms with Gasteiger partial charge in [-0.25, -0.2) is 17.5 Å². The van der Waals surface area contributed by atoms with E-state index in [2.05, 4.69) is 10.6 Å². The molecular weight excluding hydrogens is 229 g/mol. The molecule has 0 amide bonds. The van der Waals surface area contributed by atoms with E-state index in [1.54, 1.807) is 6.92 Å². The van der Waals surface area contributed by atoms with Crippen LogP contribution in [0.1, 0.15) is 12.0 Å². The number of terminal acetylenes is 1. The van der Waals surface area contributed by atoms with E-state index in [1.807, 2.05) is 0 Å². The van der Waals surface area contributed by atoms with Crippen molar-refractivity contribution in [2.45, 2.75) is 18.2 Å². The first kappa shape index (κ1) is 12.7. The maximum absolute atomic E-state index is 13.3. The van der Waals surface area contributed by atoms with Crippen LogP contribution in [0.5, 0.6) is 0 Å². The summed E-state index contributed by atoms with van der Waals surface area (Å²) in [5, 5.41) is 0. The molecule has 0 aliphatic rings. The molecule has 0 radical (unpaired) electrons. The number of aryl methyl sites for hydroxylation is 1. The molecule has 0 aliphatic heterocycles. The highest BCUT2D eigenvalue weighted by molar-refractivity contribution is 7.89. The van der Waals surface area contributed by atoms with Crippen molar-refractivity contribution in [1.29, 1.82) is 0 Å². The summed E-state index contributed by atoms with van der Waals surface area (Å²) in [6.45, 7) is 1.80. The zero-order valence-electron chi connectivity index (χ0n) is 8.83. The highest BCUT2D eigenvalue weighted by atomic mass is 32.2. The topological polar surface area (TPSA) is 46.2 Å². The van der Waals surface area contributed by atoms with Gasteiger partial charge in [0.15, 0.2) is 0 Å². The molecule has 86 valence electrons. The Bertz CT molecular complexity index is 517. The van der Waals surface area contributed by atoms with Crippen molar-refractivity contribution in [1.82, 2.24) is 4.72 Å². The van der Waals surface area contributed by atoms with Crippen molar-refractivity contribution < 1.29 is 12.8 Å². The molecule has 1 aromatic rings. The summed E-state index contributed by atoms with van der Waals surface area (Å²) in [7, 11) is -3.81. The number of hydrogen-bond donors (Lipinski definition) is 1. The summed E-state index contributed by atoms with van der Waals surface area (Å²) in [6.07, 6.45) is 5.26. The van der Waals surface area contributed by atoms with E-state index in [4.69, 9.17) is 6.42 Å². The van der Waals surface area contributed by atoms with Crippen LogP contribution in [-0.2, 0) is 10.0 Å². The molecule has 1 N–H and O–H groups in total. The van der Waals surface area contributed by atoms with Crippen molar-refractivity contribution in [2.24, 2.45) is 0 Å². The van der Waals surface area contributed by atoms with Gasteiger partial charge in [-0.1, -0.05) is 6.07 Å². The number of sulfonamides is 1. The molecule has 5 heteroatoms. The Hall–Kier alpha value is -1.38. The minimum atomic E-state index is -3.81. The lowest BCUT2D eigenvalue weighted by molar-refractivity contribution is 0.557. The summed E-state index contributed by atoms with van der Waals surface area (Å²) in [5.41, 5.74) is 0.679. The van der Waals surface area contributed by atoms with E-state index in [0.717, 1.165) is 6.07 Å². The maximum atomic E-state index is 13.3. The fourth-order valence-corrected chi connectivity index (χ4v) is 2.34. The van der Waals surface area contributed by atoms with E-state index < -0.39 is 15.8 Å². The Morgan fingerprint density at radius 1 is 1.50 bits per heavy atom. The van der Waals surface area contributed by atoms with Gasteiger partial charge in [-0.2, -0.15) is 0 Å². The third-order valence-corrected chi connectivity index (χ3v) is 3.41. The molecule has 0 spiro atoms. The van der Waals surface area contributed by atoms with Gasteiger partial charge in [0.05, 0.1) is 0 Å². The van der Waals surface area contributed by atoms with Crippen molar-refractivity contribution in [3.05, 3.63) is 29.6 Å². The van der Waals surface area contributed by atoms with Crippen molar-refractivity contribution in [3.8, 4) is 12.3 Å². The molecule has 0 saturated carbocycles. The van der Waals surface area contributed by atoms with Crippen LogP contribution in [0, 0.1) is 25.1 Å². The molecule has 16 heavy (non-hydrogen) atoms. The van der Waals surface area contributed by atoms with Crippen LogP contribution in [0.4, 0.5) is 4.39 Å². The monoisotopic (exact) mass is 241 g/mol.